The number of nitrogens with two attached hydrogens (primary N) is 1. The van der Waals surface area contributed by atoms with E-state index in [1.165, 1.54) is 16.7 Å². The van der Waals surface area contributed by atoms with Crippen molar-refractivity contribution >= 4 is 17.3 Å². The lowest BCUT2D eigenvalue weighted by molar-refractivity contribution is 0.648. The van der Waals surface area contributed by atoms with Crippen molar-refractivity contribution in [3.8, 4) is 0 Å². The number of hydrogen-bond donors (Lipinski definition) is 2. The fourth-order valence-corrected chi connectivity index (χ4v) is 2.92. The van der Waals surface area contributed by atoms with Crippen LogP contribution in [0.5, 0.6) is 0 Å². The third-order valence-corrected chi connectivity index (χ3v) is 4.02. The molecule has 3 heteroatoms. The lowest BCUT2D eigenvalue weighted by Crippen LogP contribution is -2.10. The molecule has 2 nitrogen and oxygen atoms in total. The predicted octanol–water partition coefficient (Wildman–Crippen LogP) is 4.21. The number of benzene rings is 2. The minimum atomic E-state index is 0.119. The molecule has 0 saturated carbocycles. The SMILES string of the molecule is Cc1ccc(Cl)cc1NC1CC(N)c2ccccc21. The quantitative estimate of drug-likeness (QED) is 0.860. The standard InChI is InChI=1S/C16H17ClN2/c1-10-6-7-11(17)8-15(10)19-16-9-14(18)12-4-2-3-5-13(12)16/h2-8,14,16,19H,9,18H2,1H3. The second-order valence-corrected chi connectivity index (χ2v) is 5.56. The Morgan fingerprint density at radius 1 is 1.16 bits per heavy atom. The van der Waals surface area contributed by atoms with Crippen LogP contribution in [0.25, 0.3) is 0 Å². The molecule has 1 aliphatic carbocycles. The highest BCUT2D eigenvalue weighted by Gasteiger charge is 2.28. The number of fused-ring (bicyclic) bond motifs is 1. The van der Waals surface area contributed by atoms with Gasteiger partial charge < -0.3 is 11.1 Å². The lowest BCUT2D eigenvalue weighted by atomic mass is 10.1. The van der Waals surface area contributed by atoms with E-state index in [4.69, 9.17) is 17.3 Å². The van der Waals surface area contributed by atoms with Gasteiger partial charge in [-0.15, -0.1) is 0 Å². The maximum absolute atomic E-state index is 6.19. The molecule has 0 radical (unpaired) electrons. The largest absolute Gasteiger partial charge is 0.378 e. The van der Waals surface area contributed by atoms with Gasteiger partial charge in [-0.05, 0) is 42.2 Å². The van der Waals surface area contributed by atoms with E-state index in [0.717, 1.165) is 17.1 Å². The Hall–Kier alpha value is -1.51. The van der Waals surface area contributed by atoms with Gasteiger partial charge in [-0.1, -0.05) is 41.9 Å². The molecule has 1 aliphatic rings. The van der Waals surface area contributed by atoms with Crippen LogP contribution >= 0.6 is 11.6 Å². The molecule has 0 fully saturated rings. The minimum absolute atomic E-state index is 0.119. The van der Waals surface area contributed by atoms with E-state index in [-0.39, 0.29) is 12.1 Å². The van der Waals surface area contributed by atoms with Crippen molar-refractivity contribution in [3.63, 3.8) is 0 Å². The van der Waals surface area contributed by atoms with Crippen LogP contribution in [0, 0.1) is 6.92 Å². The van der Waals surface area contributed by atoms with Gasteiger partial charge in [-0.3, -0.25) is 0 Å². The molecule has 0 bridgehead atoms. The van der Waals surface area contributed by atoms with Gasteiger partial charge in [0, 0.05) is 16.8 Å². The zero-order chi connectivity index (χ0) is 13.4. The topological polar surface area (TPSA) is 38.0 Å². The Morgan fingerprint density at radius 2 is 1.89 bits per heavy atom. The summed E-state index contributed by atoms with van der Waals surface area (Å²) in [6, 6.07) is 14.7. The van der Waals surface area contributed by atoms with E-state index >= 15 is 0 Å². The maximum Gasteiger partial charge on any atom is 0.0535 e. The number of hydrogen-bond acceptors (Lipinski definition) is 2. The molecule has 2 aromatic carbocycles. The van der Waals surface area contributed by atoms with Crippen LogP contribution in [0.1, 0.15) is 35.2 Å². The first-order chi connectivity index (χ1) is 9.15. The molecule has 0 aliphatic heterocycles. The van der Waals surface area contributed by atoms with Crippen LogP contribution in [-0.2, 0) is 0 Å². The van der Waals surface area contributed by atoms with Crippen molar-refractivity contribution in [1.29, 1.82) is 0 Å². The molecular formula is C16H17ClN2. The Balaban J connectivity index is 1.91. The number of nitrogens with one attached hydrogen (secondary N) is 1. The number of halogens is 1. The molecule has 0 spiro atoms. The van der Waals surface area contributed by atoms with Crippen LogP contribution in [0.3, 0.4) is 0 Å². The van der Waals surface area contributed by atoms with E-state index in [9.17, 15) is 0 Å². The summed E-state index contributed by atoms with van der Waals surface area (Å²) in [6.07, 6.45) is 0.922. The number of aryl methyl sites for hydroxylation is 1. The van der Waals surface area contributed by atoms with Crippen molar-refractivity contribution in [3.05, 3.63) is 64.2 Å². The maximum atomic E-state index is 6.19. The third kappa shape index (κ3) is 2.34. The molecule has 3 N–H and O–H groups in total. The van der Waals surface area contributed by atoms with Crippen LogP contribution in [0.4, 0.5) is 5.69 Å². The van der Waals surface area contributed by atoms with Crippen molar-refractivity contribution in [2.45, 2.75) is 25.4 Å². The van der Waals surface area contributed by atoms with Crippen LogP contribution in [0.2, 0.25) is 5.02 Å². The van der Waals surface area contributed by atoms with Gasteiger partial charge in [0.15, 0.2) is 0 Å². The number of anilines is 1. The Kier molecular flexibility index (Phi) is 3.21. The molecule has 98 valence electrons. The van der Waals surface area contributed by atoms with Crippen molar-refractivity contribution in [2.75, 3.05) is 5.32 Å². The first-order valence-electron chi connectivity index (χ1n) is 6.52. The zero-order valence-corrected chi connectivity index (χ0v) is 11.6. The van der Waals surface area contributed by atoms with Crippen LogP contribution in [-0.4, -0.2) is 0 Å². The number of rotatable bonds is 2. The Labute approximate surface area is 118 Å². The van der Waals surface area contributed by atoms with Crippen LogP contribution in [0.15, 0.2) is 42.5 Å². The van der Waals surface area contributed by atoms with Crippen molar-refractivity contribution < 1.29 is 0 Å². The van der Waals surface area contributed by atoms with E-state index in [0.29, 0.717) is 0 Å². The summed E-state index contributed by atoms with van der Waals surface area (Å²) in [5.74, 6) is 0. The lowest BCUT2D eigenvalue weighted by Gasteiger charge is -2.17. The first-order valence-corrected chi connectivity index (χ1v) is 6.90. The third-order valence-electron chi connectivity index (χ3n) is 3.79. The smallest absolute Gasteiger partial charge is 0.0535 e. The highest BCUT2D eigenvalue weighted by atomic mass is 35.5. The fraction of sp³-hybridized carbons (Fsp3) is 0.250. The second-order valence-electron chi connectivity index (χ2n) is 5.13. The Bertz CT molecular complexity index is 609. The van der Waals surface area contributed by atoms with E-state index < -0.39 is 0 Å². The molecule has 2 aromatic rings. The fourth-order valence-electron chi connectivity index (χ4n) is 2.75. The van der Waals surface area contributed by atoms with Gasteiger partial charge in [0.2, 0.25) is 0 Å². The molecule has 3 rings (SSSR count). The minimum Gasteiger partial charge on any atom is -0.378 e. The first kappa shape index (κ1) is 12.5. The molecule has 0 heterocycles. The summed E-state index contributed by atoms with van der Waals surface area (Å²) in [5.41, 5.74) is 11.0. The summed E-state index contributed by atoms with van der Waals surface area (Å²) >= 11 is 6.07. The molecule has 0 saturated heterocycles. The molecule has 2 atom stereocenters. The summed E-state index contributed by atoms with van der Waals surface area (Å²) < 4.78 is 0. The zero-order valence-electron chi connectivity index (χ0n) is 10.9. The molecule has 19 heavy (non-hydrogen) atoms. The summed E-state index contributed by atoms with van der Waals surface area (Å²) in [7, 11) is 0. The normalized spacial score (nSPS) is 21.2. The van der Waals surface area contributed by atoms with Gasteiger partial charge in [0.05, 0.1) is 6.04 Å². The summed E-state index contributed by atoms with van der Waals surface area (Å²) in [6.45, 7) is 2.08. The highest BCUT2D eigenvalue weighted by Crippen LogP contribution is 2.39. The molecular weight excluding hydrogens is 256 g/mol. The Morgan fingerprint density at radius 3 is 2.68 bits per heavy atom. The van der Waals surface area contributed by atoms with Gasteiger partial charge in [0.1, 0.15) is 0 Å². The van der Waals surface area contributed by atoms with E-state index in [1.807, 2.05) is 24.3 Å². The van der Waals surface area contributed by atoms with Gasteiger partial charge in [-0.2, -0.15) is 0 Å². The average Bonchev–Trinajstić information content (AvgIpc) is 2.72. The molecule has 2 unspecified atom stereocenters. The van der Waals surface area contributed by atoms with Crippen molar-refractivity contribution in [1.82, 2.24) is 0 Å². The molecule has 0 amide bonds. The van der Waals surface area contributed by atoms with E-state index in [1.54, 1.807) is 0 Å². The van der Waals surface area contributed by atoms with Gasteiger partial charge >= 0.3 is 0 Å². The molecule has 0 aromatic heterocycles. The summed E-state index contributed by atoms with van der Waals surface area (Å²) in [4.78, 5) is 0. The highest BCUT2D eigenvalue weighted by molar-refractivity contribution is 6.30. The van der Waals surface area contributed by atoms with E-state index in [2.05, 4.69) is 30.4 Å². The van der Waals surface area contributed by atoms with Crippen molar-refractivity contribution in [2.24, 2.45) is 5.73 Å². The van der Waals surface area contributed by atoms with Crippen LogP contribution < -0.4 is 11.1 Å². The monoisotopic (exact) mass is 272 g/mol. The predicted molar refractivity (Wildman–Crippen MR) is 80.5 cm³/mol. The average molecular weight is 273 g/mol. The van der Waals surface area contributed by atoms with Gasteiger partial charge in [-0.25, -0.2) is 0 Å². The second kappa shape index (κ2) is 4.87. The van der Waals surface area contributed by atoms with Gasteiger partial charge in [0.25, 0.3) is 0 Å². The summed E-state index contributed by atoms with van der Waals surface area (Å²) in [5, 5.41) is 4.33.